The summed E-state index contributed by atoms with van der Waals surface area (Å²) in [6, 6.07) is 5.90. The quantitative estimate of drug-likeness (QED) is 0.796. The number of aryl methyl sites for hydroxylation is 1. The number of hydrogen-bond donors (Lipinski definition) is 1. The monoisotopic (exact) mass is 338 g/mol. The van der Waals surface area contributed by atoms with Crippen molar-refractivity contribution < 1.29 is 4.79 Å². The van der Waals surface area contributed by atoms with Crippen molar-refractivity contribution in [2.24, 2.45) is 0 Å². The zero-order valence-corrected chi connectivity index (χ0v) is 14.2. The molecule has 1 N–H and O–H groups in total. The number of rotatable bonds is 3. The van der Waals surface area contributed by atoms with Crippen molar-refractivity contribution in [3.63, 3.8) is 0 Å². The largest absolute Gasteiger partial charge is 0.344 e. The number of hydrogen-bond acceptors (Lipinski definition) is 4. The molecule has 3 aromatic rings. The average molecular weight is 338 g/mol. The lowest BCUT2D eigenvalue weighted by molar-refractivity contribution is 0.0936. The standard InChI is InChI=1S/C18H18N4OS/c1-12-7-10-24-17(12)18(23)21-15-3-2-4-16-14(15)11-20-22(16)13-5-8-19-9-6-13/h5-11,15H,2-4H2,1H3,(H,21,23). The van der Waals surface area contributed by atoms with Gasteiger partial charge in [0.05, 0.1) is 22.8 Å². The highest BCUT2D eigenvalue weighted by Crippen LogP contribution is 2.31. The van der Waals surface area contributed by atoms with Crippen molar-refractivity contribution in [2.45, 2.75) is 32.2 Å². The lowest BCUT2D eigenvalue weighted by atomic mass is 9.92. The maximum absolute atomic E-state index is 12.5. The van der Waals surface area contributed by atoms with Gasteiger partial charge in [-0.15, -0.1) is 11.3 Å². The molecule has 122 valence electrons. The van der Waals surface area contributed by atoms with E-state index in [0.29, 0.717) is 0 Å². The van der Waals surface area contributed by atoms with Crippen molar-refractivity contribution >= 4 is 17.2 Å². The third kappa shape index (κ3) is 2.63. The van der Waals surface area contributed by atoms with Crippen molar-refractivity contribution in [3.8, 4) is 5.69 Å². The number of carbonyl (C=O) groups is 1. The normalized spacial score (nSPS) is 16.6. The van der Waals surface area contributed by atoms with Gasteiger partial charge in [0.1, 0.15) is 0 Å². The second-order valence-electron chi connectivity index (χ2n) is 6.01. The van der Waals surface area contributed by atoms with Crippen molar-refractivity contribution in [2.75, 3.05) is 0 Å². The maximum Gasteiger partial charge on any atom is 0.262 e. The predicted octanol–water partition coefficient (Wildman–Crippen LogP) is 3.44. The minimum Gasteiger partial charge on any atom is -0.344 e. The first kappa shape index (κ1) is 15.1. The Bertz CT molecular complexity index is 868. The molecule has 5 nitrogen and oxygen atoms in total. The molecule has 24 heavy (non-hydrogen) atoms. The average Bonchev–Trinajstić information content (AvgIpc) is 3.22. The number of amides is 1. The molecule has 4 rings (SSSR count). The van der Waals surface area contributed by atoms with Crippen molar-refractivity contribution in [1.82, 2.24) is 20.1 Å². The summed E-state index contributed by atoms with van der Waals surface area (Å²) in [5.74, 6) is 0.0111. The summed E-state index contributed by atoms with van der Waals surface area (Å²) in [5, 5.41) is 9.69. The molecule has 0 spiro atoms. The van der Waals surface area contributed by atoms with Crippen LogP contribution >= 0.6 is 11.3 Å². The molecule has 0 saturated carbocycles. The summed E-state index contributed by atoms with van der Waals surface area (Å²) in [7, 11) is 0. The molecule has 1 atom stereocenters. The Morgan fingerprint density at radius 1 is 1.33 bits per heavy atom. The molecule has 0 aliphatic heterocycles. The van der Waals surface area contributed by atoms with Gasteiger partial charge in [0, 0.05) is 23.7 Å². The van der Waals surface area contributed by atoms with Crippen molar-refractivity contribution in [3.05, 3.63) is 63.9 Å². The van der Waals surface area contributed by atoms with E-state index < -0.39 is 0 Å². The molecule has 0 fully saturated rings. The fourth-order valence-electron chi connectivity index (χ4n) is 3.24. The van der Waals surface area contributed by atoms with Crippen LogP contribution in [-0.2, 0) is 6.42 Å². The second-order valence-corrected chi connectivity index (χ2v) is 6.93. The first-order valence-corrected chi connectivity index (χ1v) is 8.94. The van der Waals surface area contributed by atoms with E-state index >= 15 is 0 Å². The number of carbonyl (C=O) groups excluding carboxylic acids is 1. The Morgan fingerprint density at radius 2 is 2.17 bits per heavy atom. The van der Waals surface area contributed by atoms with Gasteiger partial charge in [0.15, 0.2) is 0 Å². The van der Waals surface area contributed by atoms with E-state index in [-0.39, 0.29) is 11.9 Å². The number of nitrogens with one attached hydrogen (secondary N) is 1. The van der Waals surface area contributed by atoms with Gasteiger partial charge < -0.3 is 5.32 Å². The molecule has 3 aromatic heterocycles. The highest BCUT2D eigenvalue weighted by Gasteiger charge is 2.26. The fourth-order valence-corrected chi connectivity index (χ4v) is 4.07. The lowest BCUT2D eigenvalue weighted by Crippen LogP contribution is -2.30. The molecule has 1 unspecified atom stereocenters. The zero-order chi connectivity index (χ0) is 16.5. The van der Waals surface area contributed by atoms with Crippen LogP contribution in [0.1, 0.15) is 45.4 Å². The number of nitrogens with zero attached hydrogens (tertiary/aromatic N) is 3. The first-order valence-electron chi connectivity index (χ1n) is 8.06. The maximum atomic E-state index is 12.5. The van der Waals surface area contributed by atoms with Gasteiger partial charge >= 0.3 is 0 Å². The third-order valence-corrected chi connectivity index (χ3v) is 5.48. The molecule has 3 heterocycles. The highest BCUT2D eigenvalue weighted by molar-refractivity contribution is 7.12. The number of pyridine rings is 1. The lowest BCUT2D eigenvalue weighted by Gasteiger charge is -2.24. The molecule has 0 saturated heterocycles. The first-order chi connectivity index (χ1) is 11.7. The van der Waals surface area contributed by atoms with E-state index in [1.807, 2.05) is 41.4 Å². The summed E-state index contributed by atoms with van der Waals surface area (Å²) in [6.45, 7) is 1.97. The van der Waals surface area contributed by atoms with Crippen LogP contribution in [0.2, 0.25) is 0 Å². The van der Waals surface area contributed by atoms with Crippen molar-refractivity contribution in [1.29, 1.82) is 0 Å². The van der Waals surface area contributed by atoms with E-state index in [2.05, 4.69) is 15.4 Å². The number of aromatic nitrogens is 3. The smallest absolute Gasteiger partial charge is 0.262 e. The van der Waals surface area contributed by atoms with Crippen LogP contribution in [0.5, 0.6) is 0 Å². The third-order valence-electron chi connectivity index (χ3n) is 4.46. The molecule has 1 aliphatic rings. The van der Waals surface area contributed by atoms with Crippen LogP contribution in [0.25, 0.3) is 5.69 Å². The van der Waals surface area contributed by atoms with Crippen LogP contribution < -0.4 is 5.32 Å². The van der Waals surface area contributed by atoms with Crippen LogP contribution in [0.3, 0.4) is 0 Å². The zero-order valence-electron chi connectivity index (χ0n) is 13.4. The van der Waals surface area contributed by atoms with Crippen LogP contribution in [-0.4, -0.2) is 20.7 Å². The summed E-state index contributed by atoms with van der Waals surface area (Å²) in [6.07, 6.45) is 8.39. The van der Waals surface area contributed by atoms with Gasteiger partial charge in [-0.2, -0.15) is 5.10 Å². The molecule has 1 amide bonds. The summed E-state index contributed by atoms with van der Waals surface area (Å²) < 4.78 is 1.96. The van der Waals surface area contributed by atoms with E-state index in [4.69, 9.17) is 0 Å². The van der Waals surface area contributed by atoms with Gasteiger partial charge in [-0.3, -0.25) is 9.78 Å². The Labute approximate surface area is 144 Å². The van der Waals surface area contributed by atoms with Gasteiger partial charge in [-0.1, -0.05) is 0 Å². The Hall–Kier alpha value is -2.47. The molecule has 6 heteroatoms. The fraction of sp³-hybridized carbons (Fsp3) is 0.278. The van der Waals surface area contributed by atoms with Gasteiger partial charge in [0.25, 0.3) is 5.91 Å². The topological polar surface area (TPSA) is 59.8 Å². The van der Waals surface area contributed by atoms with Crippen LogP contribution in [0, 0.1) is 6.92 Å². The van der Waals surface area contributed by atoms with Crippen LogP contribution in [0.4, 0.5) is 0 Å². The predicted molar refractivity (Wildman–Crippen MR) is 93.6 cm³/mol. The Balaban J connectivity index is 1.62. The number of fused-ring (bicyclic) bond motifs is 1. The molecular formula is C18H18N4OS. The number of thiophene rings is 1. The van der Waals surface area contributed by atoms with E-state index in [1.54, 1.807) is 12.4 Å². The highest BCUT2D eigenvalue weighted by atomic mass is 32.1. The minimum absolute atomic E-state index is 0.0111. The molecule has 1 aliphatic carbocycles. The van der Waals surface area contributed by atoms with E-state index in [1.165, 1.54) is 17.0 Å². The Kier molecular flexibility index (Phi) is 3.90. The van der Waals surface area contributed by atoms with Gasteiger partial charge in [-0.05, 0) is 55.3 Å². The molecule has 0 aromatic carbocycles. The SMILES string of the molecule is Cc1ccsc1C(=O)NC1CCCc2c1cnn2-c1ccncc1. The summed E-state index contributed by atoms with van der Waals surface area (Å²) in [5.41, 5.74) is 4.34. The molecular weight excluding hydrogens is 320 g/mol. The van der Waals surface area contributed by atoms with E-state index in [9.17, 15) is 4.79 Å². The summed E-state index contributed by atoms with van der Waals surface area (Å²) >= 11 is 1.49. The minimum atomic E-state index is 0.0111. The molecule has 0 bridgehead atoms. The second kappa shape index (κ2) is 6.20. The Morgan fingerprint density at radius 3 is 2.92 bits per heavy atom. The summed E-state index contributed by atoms with van der Waals surface area (Å²) in [4.78, 5) is 17.4. The van der Waals surface area contributed by atoms with Gasteiger partial charge in [-0.25, -0.2) is 4.68 Å². The van der Waals surface area contributed by atoms with E-state index in [0.717, 1.165) is 41.0 Å². The molecule has 0 radical (unpaired) electrons. The van der Waals surface area contributed by atoms with Gasteiger partial charge in [0.2, 0.25) is 0 Å². The van der Waals surface area contributed by atoms with Crippen LogP contribution in [0.15, 0.2) is 42.2 Å².